The Kier molecular flexibility index (Phi) is 79.3. The molecule has 0 aliphatic heterocycles. The first-order valence-electron chi connectivity index (χ1n) is 3.77. The second-order valence-corrected chi connectivity index (χ2v) is 2.67. The maximum atomic E-state index is 7.50. The zero-order valence-electron chi connectivity index (χ0n) is 9.34. The molecular weight excluding hydrogens is 367 g/mol. The first kappa shape index (κ1) is 30.0. The molecule has 0 fully saturated rings. The van der Waals surface area contributed by atoms with Gasteiger partial charge in [-0.15, -0.1) is 0 Å². The van der Waals surface area contributed by atoms with Crippen molar-refractivity contribution < 1.29 is 35.0 Å². The summed E-state index contributed by atoms with van der Waals surface area (Å²) in [5, 5.41) is 0.986. The van der Waals surface area contributed by atoms with Gasteiger partial charge in [0.2, 0.25) is 0 Å². The third-order valence-corrected chi connectivity index (χ3v) is 1.84. The normalized spacial score (nSPS) is 7.76. The van der Waals surface area contributed by atoms with Crippen molar-refractivity contribution in [3.05, 3.63) is 62.8 Å². The Morgan fingerprint density at radius 2 is 1.24 bits per heavy atom. The molecule has 0 amide bonds. The van der Waals surface area contributed by atoms with Crippen molar-refractivity contribution in [2.45, 2.75) is 12.2 Å². The van der Waals surface area contributed by atoms with E-state index < -0.39 is 0 Å². The Morgan fingerprint density at radius 3 is 1.29 bits per heavy atom. The summed E-state index contributed by atoms with van der Waals surface area (Å²) in [6.45, 7) is 19.1. The molecule has 1 aliphatic carbocycles. The zero-order valence-corrected chi connectivity index (χ0v) is 13.1. The van der Waals surface area contributed by atoms with Gasteiger partial charge in [-0.05, 0) is 0 Å². The Labute approximate surface area is 126 Å². The van der Waals surface area contributed by atoms with E-state index in [0.29, 0.717) is 0 Å². The summed E-state index contributed by atoms with van der Waals surface area (Å²) in [6.07, 6.45) is 10.0. The van der Waals surface area contributed by atoms with Gasteiger partial charge in [-0.25, -0.2) is 0 Å². The molecule has 0 atom stereocenters. The van der Waals surface area contributed by atoms with Crippen LogP contribution in [0.5, 0.6) is 0 Å². The maximum absolute atomic E-state index is 7.50. The Morgan fingerprint density at radius 1 is 1.00 bits per heavy atom. The van der Waals surface area contributed by atoms with Crippen LogP contribution >= 0.6 is 0 Å². The van der Waals surface area contributed by atoms with Crippen LogP contribution in [0.4, 0.5) is 0 Å². The quantitative estimate of drug-likeness (QED) is 0.291. The number of allylic oxidation sites excluding steroid dienone is 5. The summed E-state index contributed by atoms with van der Waals surface area (Å²) in [6, 6.07) is 0. The first-order valence-corrected chi connectivity index (χ1v) is 4.99. The van der Waals surface area contributed by atoms with Crippen LogP contribution in [0.25, 0.3) is 0 Å². The van der Waals surface area contributed by atoms with Crippen molar-refractivity contribution in [1.82, 2.24) is 0 Å². The molecule has 1 aliphatic rings. The molecule has 0 aromatic heterocycles. The van der Waals surface area contributed by atoms with E-state index in [0.717, 1.165) is 5.32 Å². The summed E-state index contributed by atoms with van der Waals surface area (Å²) >= 11 is 2.84. The predicted molar refractivity (Wildman–Crippen MR) is 59.7 cm³/mol. The largest absolute Gasteiger partial charge is 0.0767 e. The van der Waals surface area contributed by atoms with Crippen LogP contribution in [0, 0.1) is 26.4 Å². The Bertz CT molecular complexity index is 228. The standard InChI is InChI=1S/C5H5.C4H7Se.3CO.Mo/c1-2-4-5-3-1;1-4(2)3-5;3*1-2;/h1-5H;1,3H2,2H3;;;;. The third-order valence-electron chi connectivity index (χ3n) is 0.802. The van der Waals surface area contributed by atoms with E-state index >= 15 is 0 Å². The fourth-order valence-corrected chi connectivity index (χ4v) is 0.321. The molecule has 0 saturated heterocycles. The topological polar surface area (TPSA) is 59.7 Å². The van der Waals surface area contributed by atoms with Crippen molar-refractivity contribution in [3.8, 4) is 0 Å². The van der Waals surface area contributed by atoms with E-state index in [1.54, 1.807) is 0 Å². The third kappa shape index (κ3) is 66.0. The Balaban J connectivity index is -0.0000000380. The van der Waals surface area contributed by atoms with Crippen molar-refractivity contribution in [2.75, 3.05) is 0 Å². The van der Waals surface area contributed by atoms with Gasteiger partial charge < -0.3 is 0 Å². The van der Waals surface area contributed by atoms with Crippen molar-refractivity contribution >= 4 is 16.0 Å². The average Bonchev–Trinajstić information content (AvgIpc) is 2.95. The van der Waals surface area contributed by atoms with Crippen LogP contribution in [0.1, 0.15) is 6.92 Å². The van der Waals surface area contributed by atoms with Crippen LogP contribution in [-0.4, -0.2) is 16.0 Å². The molecule has 3 nitrogen and oxygen atoms in total. The predicted octanol–water partition coefficient (Wildman–Crippen LogP) is 2.35. The molecule has 0 aromatic carbocycles. The van der Waals surface area contributed by atoms with Crippen LogP contribution in [0.3, 0.4) is 0 Å². The summed E-state index contributed by atoms with van der Waals surface area (Å²) in [5.74, 6) is 0. The van der Waals surface area contributed by atoms with Crippen molar-refractivity contribution in [3.63, 3.8) is 0 Å². The summed E-state index contributed by atoms with van der Waals surface area (Å²) in [7, 11) is 0. The minimum atomic E-state index is 0. The van der Waals surface area contributed by atoms with E-state index in [2.05, 4.69) is 42.5 Å². The van der Waals surface area contributed by atoms with Crippen molar-refractivity contribution in [2.24, 2.45) is 0 Å². The number of rotatable bonds is 1. The fraction of sp³-hybridized carbons (Fsp3) is 0.167. The molecule has 0 bridgehead atoms. The molecule has 0 aromatic rings. The van der Waals surface area contributed by atoms with Crippen LogP contribution in [0.15, 0.2) is 36.5 Å². The molecule has 2 radical (unpaired) electrons. The molecule has 17 heavy (non-hydrogen) atoms. The van der Waals surface area contributed by atoms with Gasteiger partial charge in [0, 0.05) is 27.5 Å². The van der Waals surface area contributed by atoms with Gasteiger partial charge in [-0.1, -0.05) is 24.3 Å². The SMILES string of the molecule is C=C(C)C[Se].[C-]#[O+].[C-]#[O+].[C-]#[O+].[CH]1C=CC=C1.[Mo]. The fourth-order valence-electron chi connectivity index (χ4n) is 0.321. The van der Waals surface area contributed by atoms with E-state index in [9.17, 15) is 0 Å². The molecule has 0 heterocycles. The smallest absolute Gasteiger partial charge is 0.00506 e. The second kappa shape index (κ2) is 44.9. The van der Waals surface area contributed by atoms with Crippen LogP contribution < -0.4 is 0 Å². The molecule has 1 rings (SSSR count). The van der Waals surface area contributed by atoms with Crippen LogP contribution in [0.2, 0.25) is 5.32 Å². The molecule has 90 valence electrons. The molecular formula is C12H12MoO3Se. The van der Waals surface area contributed by atoms with Gasteiger partial charge in [-0.3, -0.25) is 0 Å². The van der Waals surface area contributed by atoms with Crippen LogP contribution in [-0.2, 0) is 35.0 Å². The second-order valence-electron chi connectivity index (χ2n) is 2.06. The number of hydrogen-bond donors (Lipinski definition) is 0. The minimum absolute atomic E-state index is 0. The number of hydrogen-bond acceptors (Lipinski definition) is 0. The van der Waals surface area contributed by atoms with E-state index in [4.69, 9.17) is 14.0 Å². The molecule has 0 N–H and O–H groups in total. The monoisotopic (exact) mass is 382 g/mol. The van der Waals surface area contributed by atoms with Gasteiger partial charge in [0.25, 0.3) is 0 Å². The van der Waals surface area contributed by atoms with E-state index in [-0.39, 0.29) is 21.1 Å². The first-order chi connectivity index (χ1) is 7.77. The van der Waals surface area contributed by atoms with Crippen molar-refractivity contribution in [1.29, 1.82) is 0 Å². The average molecular weight is 379 g/mol. The van der Waals surface area contributed by atoms with Gasteiger partial charge in [0.05, 0.1) is 0 Å². The van der Waals surface area contributed by atoms with Gasteiger partial charge in [0.15, 0.2) is 0 Å². The molecule has 5 heteroatoms. The zero-order chi connectivity index (χ0) is 13.8. The summed E-state index contributed by atoms with van der Waals surface area (Å²) < 4.78 is 22.5. The van der Waals surface area contributed by atoms with Gasteiger partial charge >= 0.3 is 74.3 Å². The Hall–Kier alpha value is -0.352. The summed E-state index contributed by atoms with van der Waals surface area (Å²) in [4.78, 5) is 0. The molecule has 0 unspecified atom stereocenters. The van der Waals surface area contributed by atoms with Gasteiger partial charge in [-0.2, -0.15) is 0 Å². The van der Waals surface area contributed by atoms with E-state index in [1.165, 1.54) is 5.57 Å². The van der Waals surface area contributed by atoms with E-state index in [1.807, 2.05) is 37.6 Å². The van der Waals surface area contributed by atoms with Gasteiger partial charge in [0.1, 0.15) is 0 Å². The molecule has 0 saturated carbocycles. The summed E-state index contributed by atoms with van der Waals surface area (Å²) in [5.41, 5.74) is 1.20. The minimum Gasteiger partial charge on any atom is -0.0767 e. The molecule has 0 spiro atoms. The maximum Gasteiger partial charge on any atom is 0.00506 e.